The van der Waals surface area contributed by atoms with Crippen LogP contribution >= 0.6 is 0 Å². The lowest BCUT2D eigenvalue weighted by Crippen LogP contribution is -2.45. The maximum Gasteiger partial charge on any atom is 0.151 e. The fourth-order valence-electron chi connectivity index (χ4n) is 2.55. The standard InChI is InChI=1S/C11H20O3/c1-9(2)6-8(10(3,4)14-9)11(5,13)7-12/h7-8,13H,6H2,1-5H3. The summed E-state index contributed by atoms with van der Waals surface area (Å²) in [6.07, 6.45) is 1.32. The van der Waals surface area contributed by atoms with Crippen molar-refractivity contribution in [3.63, 3.8) is 0 Å². The van der Waals surface area contributed by atoms with Crippen LogP contribution in [0.1, 0.15) is 41.0 Å². The summed E-state index contributed by atoms with van der Waals surface area (Å²) in [5.41, 5.74) is -2.01. The van der Waals surface area contributed by atoms with Crippen LogP contribution < -0.4 is 0 Å². The number of hydrogen-bond donors (Lipinski definition) is 1. The predicted molar refractivity (Wildman–Crippen MR) is 54.0 cm³/mol. The topological polar surface area (TPSA) is 46.5 Å². The molecule has 1 fully saturated rings. The fourth-order valence-corrected chi connectivity index (χ4v) is 2.55. The van der Waals surface area contributed by atoms with Crippen LogP contribution in [0.4, 0.5) is 0 Å². The summed E-state index contributed by atoms with van der Waals surface area (Å²) in [5, 5.41) is 9.94. The molecule has 3 nitrogen and oxygen atoms in total. The summed E-state index contributed by atoms with van der Waals surface area (Å²) < 4.78 is 5.82. The van der Waals surface area contributed by atoms with Gasteiger partial charge in [0, 0.05) is 5.92 Å². The van der Waals surface area contributed by atoms with Crippen LogP contribution in [0, 0.1) is 5.92 Å². The number of carbonyl (C=O) groups excluding carboxylic acids is 1. The highest BCUT2D eigenvalue weighted by atomic mass is 16.5. The molecule has 0 aliphatic carbocycles. The quantitative estimate of drug-likeness (QED) is 0.688. The van der Waals surface area contributed by atoms with Crippen molar-refractivity contribution >= 4 is 6.29 Å². The highest BCUT2D eigenvalue weighted by molar-refractivity contribution is 5.62. The summed E-state index contributed by atoms with van der Waals surface area (Å²) in [6, 6.07) is 0. The predicted octanol–water partition coefficient (Wildman–Crippen LogP) is 1.53. The molecule has 0 bridgehead atoms. The Hall–Kier alpha value is -0.410. The van der Waals surface area contributed by atoms with Gasteiger partial charge in [-0.1, -0.05) is 0 Å². The molecular formula is C11H20O3. The first-order valence-corrected chi connectivity index (χ1v) is 5.00. The van der Waals surface area contributed by atoms with Gasteiger partial charge >= 0.3 is 0 Å². The Labute approximate surface area is 85.5 Å². The molecule has 14 heavy (non-hydrogen) atoms. The van der Waals surface area contributed by atoms with E-state index in [1.807, 2.05) is 27.7 Å². The largest absolute Gasteiger partial charge is 0.382 e. The van der Waals surface area contributed by atoms with Gasteiger partial charge in [0.05, 0.1) is 11.2 Å². The van der Waals surface area contributed by atoms with E-state index in [0.717, 1.165) is 0 Å². The minimum absolute atomic E-state index is 0.150. The van der Waals surface area contributed by atoms with Crippen LogP contribution in [0.3, 0.4) is 0 Å². The lowest BCUT2D eigenvalue weighted by Gasteiger charge is -2.33. The summed E-state index contributed by atoms with van der Waals surface area (Å²) in [7, 11) is 0. The Morgan fingerprint density at radius 3 is 2.21 bits per heavy atom. The first kappa shape index (κ1) is 11.7. The van der Waals surface area contributed by atoms with E-state index in [-0.39, 0.29) is 11.5 Å². The minimum Gasteiger partial charge on any atom is -0.382 e. The third kappa shape index (κ3) is 1.98. The van der Waals surface area contributed by atoms with Gasteiger partial charge in [-0.25, -0.2) is 0 Å². The van der Waals surface area contributed by atoms with Gasteiger partial charge in [0.2, 0.25) is 0 Å². The van der Waals surface area contributed by atoms with Gasteiger partial charge in [-0.2, -0.15) is 0 Å². The van der Waals surface area contributed by atoms with E-state index >= 15 is 0 Å². The molecule has 1 N–H and O–H groups in total. The number of carbonyl (C=O) groups is 1. The summed E-state index contributed by atoms with van der Waals surface area (Å²) >= 11 is 0. The van der Waals surface area contributed by atoms with Crippen LogP contribution in [0.5, 0.6) is 0 Å². The first-order chi connectivity index (χ1) is 6.11. The second kappa shape index (κ2) is 3.04. The van der Waals surface area contributed by atoms with Crippen LogP contribution in [-0.2, 0) is 9.53 Å². The zero-order valence-electron chi connectivity index (χ0n) is 9.63. The fraction of sp³-hybridized carbons (Fsp3) is 0.909. The third-order valence-electron chi connectivity index (χ3n) is 3.02. The highest BCUT2D eigenvalue weighted by Gasteiger charge is 2.53. The van der Waals surface area contributed by atoms with E-state index < -0.39 is 11.2 Å². The van der Waals surface area contributed by atoms with Crippen molar-refractivity contribution in [3.05, 3.63) is 0 Å². The molecule has 2 atom stereocenters. The maximum absolute atomic E-state index is 10.8. The molecule has 0 aromatic carbocycles. The normalized spacial score (nSPS) is 33.7. The van der Waals surface area contributed by atoms with Crippen molar-refractivity contribution in [1.29, 1.82) is 0 Å². The third-order valence-corrected chi connectivity index (χ3v) is 3.02. The van der Waals surface area contributed by atoms with E-state index in [9.17, 15) is 9.90 Å². The van der Waals surface area contributed by atoms with Crippen molar-refractivity contribution in [2.75, 3.05) is 0 Å². The molecule has 0 radical (unpaired) electrons. The van der Waals surface area contributed by atoms with Crippen LogP contribution in [0.25, 0.3) is 0 Å². The van der Waals surface area contributed by atoms with Crippen molar-refractivity contribution in [1.82, 2.24) is 0 Å². The number of aliphatic hydroxyl groups is 1. The Bertz CT molecular complexity index is 241. The van der Waals surface area contributed by atoms with Crippen molar-refractivity contribution < 1.29 is 14.6 Å². The SMILES string of the molecule is CC1(C)CC(C(C)(O)C=O)C(C)(C)O1. The second-order valence-electron chi connectivity index (χ2n) is 5.57. The molecule has 1 heterocycles. The average molecular weight is 200 g/mol. The van der Waals surface area contributed by atoms with Crippen molar-refractivity contribution in [2.24, 2.45) is 5.92 Å². The Balaban J connectivity index is 2.96. The van der Waals surface area contributed by atoms with Gasteiger partial charge < -0.3 is 14.6 Å². The van der Waals surface area contributed by atoms with E-state index in [1.165, 1.54) is 0 Å². The average Bonchev–Trinajstić information content (AvgIpc) is 2.19. The second-order valence-corrected chi connectivity index (χ2v) is 5.57. The smallest absolute Gasteiger partial charge is 0.151 e. The van der Waals surface area contributed by atoms with Crippen LogP contribution in [0.2, 0.25) is 0 Å². The van der Waals surface area contributed by atoms with Crippen molar-refractivity contribution in [2.45, 2.75) is 57.8 Å². The van der Waals surface area contributed by atoms with Crippen molar-refractivity contribution in [3.8, 4) is 0 Å². The number of hydrogen-bond acceptors (Lipinski definition) is 3. The monoisotopic (exact) mass is 200 g/mol. The van der Waals surface area contributed by atoms with Crippen LogP contribution in [0.15, 0.2) is 0 Å². The van der Waals surface area contributed by atoms with E-state index in [0.29, 0.717) is 12.7 Å². The zero-order valence-corrected chi connectivity index (χ0v) is 9.63. The van der Waals surface area contributed by atoms with Gasteiger partial charge in [-0.3, -0.25) is 0 Å². The lowest BCUT2D eigenvalue weighted by molar-refractivity contribution is -0.138. The molecule has 0 saturated carbocycles. The van der Waals surface area contributed by atoms with Gasteiger partial charge in [0.15, 0.2) is 6.29 Å². The van der Waals surface area contributed by atoms with Crippen LogP contribution in [-0.4, -0.2) is 28.2 Å². The van der Waals surface area contributed by atoms with E-state index in [2.05, 4.69) is 0 Å². The lowest BCUT2D eigenvalue weighted by atomic mass is 9.76. The number of ether oxygens (including phenoxy) is 1. The molecule has 82 valence electrons. The number of rotatable bonds is 2. The molecule has 1 aliphatic heterocycles. The Morgan fingerprint density at radius 1 is 1.43 bits per heavy atom. The molecule has 0 aromatic heterocycles. The number of aldehydes is 1. The molecule has 3 heteroatoms. The molecule has 1 rings (SSSR count). The molecule has 1 aliphatic rings. The summed E-state index contributed by atoms with van der Waals surface area (Å²) in [4.78, 5) is 10.8. The minimum atomic E-state index is -1.29. The molecule has 0 amide bonds. The van der Waals surface area contributed by atoms with E-state index in [1.54, 1.807) is 6.92 Å². The maximum atomic E-state index is 10.8. The van der Waals surface area contributed by atoms with Gasteiger partial charge in [-0.05, 0) is 41.0 Å². The van der Waals surface area contributed by atoms with Gasteiger partial charge in [0.25, 0.3) is 0 Å². The van der Waals surface area contributed by atoms with E-state index in [4.69, 9.17) is 4.74 Å². The molecule has 1 saturated heterocycles. The highest BCUT2D eigenvalue weighted by Crippen LogP contribution is 2.46. The summed E-state index contributed by atoms with van der Waals surface area (Å²) in [5.74, 6) is -0.150. The Morgan fingerprint density at radius 2 is 1.93 bits per heavy atom. The van der Waals surface area contributed by atoms with Gasteiger partial charge in [0.1, 0.15) is 5.60 Å². The zero-order chi connectivity index (χ0) is 11.2. The first-order valence-electron chi connectivity index (χ1n) is 5.00. The molecule has 0 aromatic rings. The van der Waals surface area contributed by atoms with Gasteiger partial charge in [-0.15, -0.1) is 0 Å². The molecule has 0 spiro atoms. The molecular weight excluding hydrogens is 180 g/mol. The summed E-state index contributed by atoms with van der Waals surface area (Å²) in [6.45, 7) is 9.36. The Kier molecular flexibility index (Phi) is 2.53. The molecule has 2 unspecified atom stereocenters.